The van der Waals surface area contributed by atoms with Gasteiger partial charge in [0.25, 0.3) is 0 Å². The van der Waals surface area contributed by atoms with Crippen LogP contribution >= 0.6 is 0 Å². The SMILES string of the molecule is NC(N)=Nc1ccc(OCCCN2CCOCC2)cc1. The van der Waals surface area contributed by atoms with E-state index in [9.17, 15) is 0 Å². The number of aliphatic imine (C=N–C) groups is 1. The summed E-state index contributed by atoms with van der Waals surface area (Å²) in [7, 11) is 0. The lowest BCUT2D eigenvalue weighted by atomic mass is 10.3. The van der Waals surface area contributed by atoms with Gasteiger partial charge < -0.3 is 20.9 Å². The van der Waals surface area contributed by atoms with E-state index in [1.807, 2.05) is 24.3 Å². The first-order valence-electron chi connectivity index (χ1n) is 6.86. The molecule has 1 aliphatic rings. The minimum Gasteiger partial charge on any atom is -0.494 e. The van der Waals surface area contributed by atoms with Gasteiger partial charge in [0, 0.05) is 19.6 Å². The van der Waals surface area contributed by atoms with Crippen LogP contribution in [0.15, 0.2) is 29.3 Å². The zero-order chi connectivity index (χ0) is 14.2. The molecule has 0 aromatic heterocycles. The van der Waals surface area contributed by atoms with Crippen molar-refractivity contribution in [3.05, 3.63) is 24.3 Å². The van der Waals surface area contributed by atoms with Crippen molar-refractivity contribution in [1.29, 1.82) is 0 Å². The smallest absolute Gasteiger partial charge is 0.191 e. The van der Waals surface area contributed by atoms with Crippen LogP contribution in [-0.2, 0) is 4.74 Å². The van der Waals surface area contributed by atoms with Gasteiger partial charge in [-0.1, -0.05) is 0 Å². The highest BCUT2D eigenvalue weighted by molar-refractivity contribution is 5.78. The van der Waals surface area contributed by atoms with E-state index in [0.29, 0.717) is 6.61 Å². The summed E-state index contributed by atoms with van der Waals surface area (Å²) >= 11 is 0. The van der Waals surface area contributed by atoms with E-state index in [4.69, 9.17) is 20.9 Å². The third-order valence-electron chi connectivity index (χ3n) is 3.09. The molecule has 1 aromatic rings. The molecule has 6 heteroatoms. The Morgan fingerprint density at radius 2 is 1.90 bits per heavy atom. The summed E-state index contributed by atoms with van der Waals surface area (Å²) in [6.45, 7) is 5.48. The highest BCUT2D eigenvalue weighted by atomic mass is 16.5. The van der Waals surface area contributed by atoms with Crippen molar-refractivity contribution in [2.75, 3.05) is 39.5 Å². The Morgan fingerprint density at radius 1 is 1.20 bits per heavy atom. The molecule has 0 bridgehead atoms. The zero-order valence-electron chi connectivity index (χ0n) is 11.6. The molecule has 110 valence electrons. The first kappa shape index (κ1) is 14.6. The van der Waals surface area contributed by atoms with Crippen molar-refractivity contribution >= 4 is 11.6 Å². The fraction of sp³-hybridized carbons (Fsp3) is 0.500. The van der Waals surface area contributed by atoms with Gasteiger partial charge in [-0.3, -0.25) is 4.90 Å². The van der Waals surface area contributed by atoms with E-state index in [2.05, 4.69) is 9.89 Å². The summed E-state index contributed by atoms with van der Waals surface area (Å²) in [5.74, 6) is 0.894. The second-order valence-electron chi connectivity index (χ2n) is 4.69. The molecule has 0 saturated carbocycles. The predicted octanol–water partition coefficient (Wildman–Crippen LogP) is 0.693. The van der Waals surface area contributed by atoms with Crippen LogP contribution in [0.3, 0.4) is 0 Å². The van der Waals surface area contributed by atoms with Gasteiger partial charge in [0.1, 0.15) is 5.75 Å². The molecule has 20 heavy (non-hydrogen) atoms. The Balaban J connectivity index is 1.67. The van der Waals surface area contributed by atoms with Crippen molar-refractivity contribution in [3.8, 4) is 5.75 Å². The van der Waals surface area contributed by atoms with Gasteiger partial charge in [-0.05, 0) is 30.7 Å². The molecule has 0 aliphatic carbocycles. The maximum absolute atomic E-state index is 5.69. The summed E-state index contributed by atoms with van der Waals surface area (Å²) in [5.41, 5.74) is 11.4. The van der Waals surface area contributed by atoms with Crippen LogP contribution in [-0.4, -0.2) is 50.3 Å². The molecule has 0 spiro atoms. The topological polar surface area (TPSA) is 86.1 Å². The van der Waals surface area contributed by atoms with Crippen molar-refractivity contribution in [2.45, 2.75) is 6.42 Å². The Kier molecular flexibility index (Phi) is 5.64. The van der Waals surface area contributed by atoms with Crippen molar-refractivity contribution in [3.63, 3.8) is 0 Å². The summed E-state index contributed by atoms with van der Waals surface area (Å²) in [4.78, 5) is 6.35. The Labute approximate surface area is 119 Å². The molecule has 1 heterocycles. The molecule has 1 fully saturated rings. The molecule has 0 unspecified atom stereocenters. The van der Waals surface area contributed by atoms with Crippen molar-refractivity contribution in [1.82, 2.24) is 4.90 Å². The van der Waals surface area contributed by atoms with Gasteiger partial charge >= 0.3 is 0 Å². The third-order valence-corrected chi connectivity index (χ3v) is 3.09. The lowest BCUT2D eigenvalue weighted by molar-refractivity contribution is 0.0358. The quantitative estimate of drug-likeness (QED) is 0.454. The summed E-state index contributed by atoms with van der Waals surface area (Å²) in [5, 5.41) is 0. The van der Waals surface area contributed by atoms with Crippen LogP contribution in [0.2, 0.25) is 0 Å². The van der Waals surface area contributed by atoms with Crippen LogP contribution in [0.5, 0.6) is 5.75 Å². The number of nitrogens with zero attached hydrogens (tertiary/aromatic N) is 2. The normalized spacial score (nSPS) is 15.8. The second-order valence-corrected chi connectivity index (χ2v) is 4.69. The molecule has 1 aromatic carbocycles. The van der Waals surface area contributed by atoms with Crippen LogP contribution in [0.4, 0.5) is 5.69 Å². The molecule has 1 saturated heterocycles. The van der Waals surface area contributed by atoms with Crippen LogP contribution in [0, 0.1) is 0 Å². The van der Waals surface area contributed by atoms with Gasteiger partial charge in [-0.25, -0.2) is 4.99 Å². The molecular formula is C14H22N4O2. The number of benzene rings is 1. The molecule has 1 aliphatic heterocycles. The molecule has 0 amide bonds. The summed E-state index contributed by atoms with van der Waals surface area (Å²) in [6, 6.07) is 7.40. The third kappa shape index (κ3) is 5.07. The van der Waals surface area contributed by atoms with Crippen LogP contribution in [0.25, 0.3) is 0 Å². The molecule has 0 radical (unpaired) electrons. The number of guanidine groups is 1. The lowest BCUT2D eigenvalue weighted by Gasteiger charge is -2.26. The fourth-order valence-corrected chi connectivity index (χ4v) is 2.07. The number of morpholine rings is 1. The van der Waals surface area contributed by atoms with Gasteiger partial charge in [0.2, 0.25) is 0 Å². The zero-order valence-corrected chi connectivity index (χ0v) is 11.6. The highest BCUT2D eigenvalue weighted by Crippen LogP contribution is 2.17. The molecule has 0 atom stereocenters. The van der Waals surface area contributed by atoms with E-state index in [1.165, 1.54) is 0 Å². The van der Waals surface area contributed by atoms with Gasteiger partial charge in [-0.15, -0.1) is 0 Å². The lowest BCUT2D eigenvalue weighted by Crippen LogP contribution is -2.37. The molecule has 4 N–H and O–H groups in total. The molecular weight excluding hydrogens is 256 g/mol. The highest BCUT2D eigenvalue weighted by Gasteiger charge is 2.09. The Bertz CT molecular complexity index is 423. The Morgan fingerprint density at radius 3 is 2.55 bits per heavy atom. The van der Waals surface area contributed by atoms with E-state index in [0.717, 1.165) is 50.7 Å². The Hall–Kier alpha value is -1.79. The number of rotatable bonds is 6. The summed E-state index contributed by atoms with van der Waals surface area (Å²) < 4.78 is 11.0. The largest absolute Gasteiger partial charge is 0.494 e. The van der Waals surface area contributed by atoms with Crippen molar-refractivity contribution in [2.24, 2.45) is 16.5 Å². The number of ether oxygens (including phenoxy) is 2. The van der Waals surface area contributed by atoms with E-state index in [-0.39, 0.29) is 5.96 Å². The second kappa shape index (κ2) is 7.72. The first-order chi connectivity index (χ1) is 9.74. The average molecular weight is 278 g/mol. The number of hydrogen-bond acceptors (Lipinski definition) is 4. The standard InChI is InChI=1S/C14H22N4O2/c15-14(16)17-12-2-4-13(5-3-12)20-9-1-6-18-7-10-19-11-8-18/h2-5H,1,6-11H2,(H4,15,16,17). The molecule has 2 rings (SSSR count). The minimum absolute atomic E-state index is 0.0594. The predicted molar refractivity (Wildman–Crippen MR) is 79.3 cm³/mol. The minimum atomic E-state index is 0.0594. The number of nitrogens with two attached hydrogens (primary N) is 2. The van der Waals surface area contributed by atoms with Gasteiger partial charge in [-0.2, -0.15) is 0 Å². The van der Waals surface area contributed by atoms with E-state index < -0.39 is 0 Å². The summed E-state index contributed by atoms with van der Waals surface area (Å²) in [6.07, 6.45) is 1.01. The van der Waals surface area contributed by atoms with E-state index in [1.54, 1.807) is 0 Å². The fourth-order valence-electron chi connectivity index (χ4n) is 2.07. The van der Waals surface area contributed by atoms with E-state index >= 15 is 0 Å². The van der Waals surface area contributed by atoms with Gasteiger partial charge in [0.05, 0.1) is 25.5 Å². The maximum Gasteiger partial charge on any atom is 0.191 e. The monoisotopic (exact) mass is 278 g/mol. The molecule has 6 nitrogen and oxygen atoms in total. The first-order valence-corrected chi connectivity index (χ1v) is 6.86. The average Bonchev–Trinajstić information content (AvgIpc) is 2.46. The van der Waals surface area contributed by atoms with Crippen LogP contribution < -0.4 is 16.2 Å². The maximum atomic E-state index is 5.69. The van der Waals surface area contributed by atoms with Gasteiger partial charge in [0.15, 0.2) is 5.96 Å². The van der Waals surface area contributed by atoms with Crippen molar-refractivity contribution < 1.29 is 9.47 Å². The number of hydrogen-bond donors (Lipinski definition) is 2. The van der Waals surface area contributed by atoms with Crippen LogP contribution in [0.1, 0.15) is 6.42 Å².